The summed E-state index contributed by atoms with van der Waals surface area (Å²) in [6.45, 7) is 1.74. The van der Waals surface area contributed by atoms with E-state index in [4.69, 9.17) is 9.26 Å². The van der Waals surface area contributed by atoms with Crippen molar-refractivity contribution in [3.63, 3.8) is 0 Å². The molecule has 1 aromatic carbocycles. The van der Waals surface area contributed by atoms with E-state index >= 15 is 0 Å². The summed E-state index contributed by atoms with van der Waals surface area (Å²) in [5.41, 5.74) is 2.35. The van der Waals surface area contributed by atoms with Gasteiger partial charge in [-0.05, 0) is 48.5 Å². The summed E-state index contributed by atoms with van der Waals surface area (Å²) < 4.78 is 10.8. The summed E-state index contributed by atoms with van der Waals surface area (Å²) in [5.74, 6) is 2.26. The van der Waals surface area contributed by atoms with Crippen LogP contribution in [0.1, 0.15) is 43.2 Å². The van der Waals surface area contributed by atoms with Gasteiger partial charge in [-0.2, -0.15) is 16.3 Å². The Labute approximate surface area is 157 Å². The van der Waals surface area contributed by atoms with Crippen molar-refractivity contribution in [2.24, 2.45) is 0 Å². The van der Waals surface area contributed by atoms with Gasteiger partial charge in [0, 0.05) is 17.0 Å². The SMILES string of the molecule is COc1ccc(C2CCCCCN2Cc2nc(-c3ccsc3)no2)cc1. The maximum Gasteiger partial charge on any atom is 0.241 e. The number of hydrogen-bond donors (Lipinski definition) is 0. The van der Waals surface area contributed by atoms with E-state index in [0.717, 1.165) is 24.3 Å². The van der Waals surface area contributed by atoms with Crippen LogP contribution in [-0.2, 0) is 6.54 Å². The lowest BCUT2D eigenvalue weighted by molar-refractivity contribution is 0.168. The van der Waals surface area contributed by atoms with Gasteiger partial charge < -0.3 is 9.26 Å². The summed E-state index contributed by atoms with van der Waals surface area (Å²) in [4.78, 5) is 7.07. The van der Waals surface area contributed by atoms with Crippen LogP contribution in [0.2, 0.25) is 0 Å². The molecule has 4 rings (SSSR count). The molecule has 6 heteroatoms. The van der Waals surface area contributed by atoms with Crippen LogP contribution in [0.4, 0.5) is 0 Å². The van der Waals surface area contributed by atoms with E-state index in [1.807, 2.05) is 29.0 Å². The van der Waals surface area contributed by atoms with Gasteiger partial charge in [0.05, 0.1) is 13.7 Å². The normalized spacial score (nSPS) is 18.6. The highest BCUT2D eigenvalue weighted by Crippen LogP contribution is 2.32. The second-order valence-electron chi connectivity index (χ2n) is 6.63. The first kappa shape index (κ1) is 17.2. The Balaban J connectivity index is 1.53. The molecule has 0 saturated carbocycles. The van der Waals surface area contributed by atoms with E-state index in [2.05, 4.69) is 27.2 Å². The number of benzene rings is 1. The van der Waals surface area contributed by atoms with Crippen LogP contribution < -0.4 is 4.74 Å². The summed E-state index contributed by atoms with van der Waals surface area (Å²) in [6, 6.07) is 10.8. The minimum atomic E-state index is 0.375. The molecule has 1 aliphatic rings. The number of thiophene rings is 1. The molecule has 26 heavy (non-hydrogen) atoms. The number of aromatic nitrogens is 2. The van der Waals surface area contributed by atoms with E-state index in [1.165, 1.54) is 24.8 Å². The fourth-order valence-corrected chi connectivity index (χ4v) is 4.20. The van der Waals surface area contributed by atoms with Crippen LogP contribution in [0.3, 0.4) is 0 Å². The lowest BCUT2D eigenvalue weighted by atomic mass is 10.0. The molecule has 1 aliphatic heterocycles. The third kappa shape index (κ3) is 3.81. The maximum atomic E-state index is 5.53. The number of ether oxygens (including phenoxy) is 1. The zero-order chi connectivity index (χ0) is 17.8. The molecule has 0 amide bonds. The minimum absolute atomic E-state index is 0.375. The monoisotopic (exact) mass is 369 g/mol. The molecule has 0 bridgehead atoms. The van der Waals surface area contributed by atoms with Crippen molar-refractivity contribution < 1.29 is 9.26 Å². The number of hydrogen-bond acceptors (Lipinski definition) is 6. The molecule has 0 spiro atoms. The van der Waals surface area contributed by atoms with Crippen molar-refractivity contribution in [2.75, 3.05) is 13.7 Å². The first-order chi connectivity index (χ1) is 12.8. The average Bonchev–Trinajstić information content (AvgIpc) is 3.31. The molecule has 1 saturated heterocycles. The Kier molecular flexibility index (Phi) is 5.32. The van der Waals surface area contributed by atoms with Gasteiger partial charge >= 0.3 is 0 Å². The van der Waals surface area contributed by atoms with Gasteiger partial charge in [-0.15, -0.1) is 0 Å². The fourth-order valence-electron chi connectivity index (χ4n) is 3.56. The molecule has 3 aromatic rings. The van der Waals surface area contributed by atoms with Gasteiger partial charge in [0.2, 0.25) is 11.7 Å². The zero-order valence-corrected chi connectivity index (χ0v) is 15.7. The molecule has 2 aromatic heterocycles. The molecule has 0 N–H and O–H groups in total. The number of nitrogens with zero attached hydrogens (tertiary/aromatic N) is 3. The Morgan fingerprint density at radius 1 is 1.19 bits per heavy atom. The standard InChI is InChI=1S/C20H23N3O2S/c1-24-17-8-6-15(7-9-17)18-5-3-2-4-11-23(18)13-19-21-20(22-25-19)16-10-12-26-14-16/h6-10,12,14,18H,2-5,11,13H2,1H3. The summed E-state index contributed by atoms with van der Waals surface area (Å²) in [5, 5.41) is 8.22. The minimum Gasteiger partial charge on any atom is -0.497 e. The van der Waals surface area contributed by atoms with Gasteiger partial charge in [-0.3, -0.25) is 4.90 Å². The molecule has 1 unspecified atom stereocenters. The highest BCUT2D eigenvalue weighted by atomic mass is 32.1. The Hall–Kier alpha value is -2.18. The molecule has 0 aliphatic carbocycles. The quantitative estimate of drug-likeness (QED) is 0.639. The van der Waals surface area contributed by atoms with E-state index < -0.39 is 0 Å². The van der Waals surface area contributed by atoms with Crippen LogP contribution in [0.5, 0.6) is 5.75 Å². The first-order valence-corrected chi connectivity index (χ1v) is 10.0. The van der Waals surface area contributed by atoms with Crippen LogP contribution >= 0.6 is 11.3 Å². The van der Waals surface area contributed by atoms with Crippen LogP contribution in [0.25, 0.3) is 11.4 Å². The summed E-state index contributed by atoms with van der Waals surface area (Å²) >= 11 is 1.64. The highest BCUT2D eigenvalue weighted by Gasteiger charge is 2.24. The van der Waals surface area contributed by atoms with E-state index in [-0.39, 0.29) is 0 Å². The fraction of sp³-hybridized carbons (Fsp3) is 0.400. The molecule has 3 heterocycles. The molecule has 1 fully saturated rings. The summed E-state index contributed by atoms with van der Waals surface area (Å²) in [6.07, 6.45) is 4.88. The third-order valence-electron chi connectivity index (χ3n) is 4.95. The van der Waals surface area contributed by atoms with Gasteiger partial charge in [-0.1, -0.05) is 30.1 Å². The van der Waals surface area contributed by atoms with Gasteiger partial charge in [-0.25, -0.2) is 0 Å². The first-order valence-electron chi connectivity index (χ1n) is 9.06. The van der Waals surface area contributed by atoms with Crippen molar-refractivity contribution in [3.05, 3.63) is 52.5 Å². The Morgan fingerprint density at radius 2 is 2.08 bits per heavy atom. The molecular weight excluding hydrogens is 346 g/mol. The van der Waals surface area contributed by atoms with Gasteiger partial charge in [0.15, 0.2) is 0 Å². The van der Waals surface area contributed by atoms with Crippen molar-refractivity contribution in [1.82, 2.24) is 15.0 Å². The number of rotatable bonds is 5. The highest BCUT2D eigenvalue weighted by molar-refractivity contribution is 7.08. The second-order valence-corrected chi connectivity index (χ2v) is 7.41. The third-order valence-corrected chi connectivity index (χ3v) is 5.63. The molecular formula is C20H23N3O2S. The topological polar surface area (TPSA) is 51.4 Å². The predicted molar refractivity (Wildman–Crippen MR) is 102 cm³/mol. The van der Waals surface area contributed by atoms with E-state index in [9.17, 15) is 0 Å². The predicted octanol–water partition coefficient (Wildman–Crippen LogP) is 4.92. The lowest BCUT2D eigenvalue weighted by Gasteiger charge is -2.29. The van der Waals surface area contributed by atoms with E-state index in [1.54, 1.807) is 18.4 Å². The van der Waals surface area contributed by atoms with Crippen LogP contribution in [0.15, 0.2) is 45.6 Å². The molecule has 136 valence electrons. The van der Waals surface area contributed by atoms with Crippen molar-refractivity contribution in [2.45, 2.75) is 38.3 Å². The number of methoxy groups -OCH3 is 1. The zero-order valence-electron chi connectivity index (χ0n) is 14.9. The van der Waals surface area contributed by atoms with E-state index in [0.29, 0.717) is 24.3 Å². The van der Waals surface area contributed by atoms with Gasteiger partial charge in [0.25, 0.3) is 0 Å². The van der Waals surface area contributed by atoms with Crippen LogP contribution in [0, 0.1) is 0 Å². The van der Waals surface area contributed by atoms with Crippen LogP contribution in [-0.4, -0.2) is 28.7 Å². The largest absolute Gasteiger partial charge is 0.497 e. The summed E-state index contributed by atoms with van der Waals surface area (Å²) in [7, 11) is 1.70. The van der Waals surface area contributed by atoms with Crippen molar-refractivity contribution in [3.8, 4) is 17.1 Å². The molecule has 5 nitrogen and oxygen atoms in total. The lowest BCUT2D eigenvalue weighted by Crippen LogP contribution is -2.28. The molecule has 1 atom stereocenters. The Morgan fingerprint density at radius 3 is 2.85 bits per heavy atom. The average molecular weight is 369 g/mol. The number of likely N-dealkylation sites (tertiary alicyclic amines) is 1. The van der Waals surface area contributed by atoms with Crippen molar-refractivity contribution >= 4 is 11.3 Å². The van der Waals surface area contributed by atoms with Crippen molar-refractivity contribution in [1.29, 1.82) is 0 Å². The maximum absolute atomic E-state index is 5.53. The smallest absolute Gasteiger partial charge is 0.241 e. The van der Waals surface area contributed by atoms with Gasteiger partial charge in [0.1, 0.15) is 5.75 Å². The Bertz CT molecular complexity index is 814. The molecule has 0 radical (unpaired) electrons. The second kappa shape index (κ2) is 8.01.